The van der Waals surface area contributed by atoms with Crippen molar-refractivity contribution in [3.63, 3.8) is 0 Å². The molecule has 0 unspecified atom stereocenters. The van der Waals surface area contributed by atoms with Crippen LogP contribution < -0.4 is 10.1 Å². The Kier molecular flexibility index (Phi) is 5.41. The van der Waals surface area contributed by atoms with Crippen molar-refractivity contribution in [2.75, 3.05) is 33.3 Å². The molecule has 1 aromatic carbocycles. The van der Waals surface area contributed by atoms with E-state index in [4.69, 9.17) is 16.3 Å². The third-order valence-electron chi connectivity index (χ3n) is 3.67. The molecule has 1 saturated heterocycles. The zero-order chi connectivity index (χ0) is 16.3. The van der Waals surface area contributed by atoms with E-state index in [2.05, 4.69) is 5.32 Å². The summed E-state index contributed by atoms with van der Waals surface area (Å²) in [7, 11) is 1.33. The Bertz CT molecular complexity index is 520. The van der Waals surface area contributed by atoms with Crippen LogP contribution in [0, 0.1) is 0 Å². The van der Waals surface area contributed by atoms with Crippen LogP contribution >= 0.6 is 11.6 Å². The summed E-state index contributed by atoms with van der Waals surface area (Å²) in [6.45, 7) is 2.30. The maximum absolute atomic E-state index is 13.0. The van der Waals surface area contributed by atoms with Crippen LogP contribution in [-0.4, -0.2) is 49.5 Å². The van der Waals surface area contributed by atoms with E-state index in [1.807, 2.05) is 0 Å². The van der Waals surface area contributed by atoms with E-state index in [-0.39, 0.29) is 16.5 Å². The summed E-state index contributed by atoms with van der Waals surface area (Å²) in [6.07, 6.45) is -5.27. The van der Waals surface area contributed by atoms with Crippen molar-refractivity contribution in [1.29, 1.82) is 0 Å². The molecule has 0 bridgehead atoms. The second kappa shape index (κ2) is 6.93. The third-order valence-corrected chi connectivity index (χ3v) is 3.96. The van der Waals surface area contributed by atoms with Crippen LogP contribution in [0.25, 0.3) is 0 Å². The number of aromatic hydroxyl groups is 1. The first-order chi connectivity index (χ1) is 10.3. The standard InChI is InChI=1S/C14H18ClF3N2O2/c1-22-12-7-9(6-10(15)13(12)21)11(8-14(16,17)18)20-4-2-19-3-5-20/h6-7,11,19,21H,2-5,8H2,1H3/t11-/m0/s1. The van der Waals surface area contributed by atoms with Crippen LogP contribution in [0.15, 0.2) is 12.1 Å². The van der Waals surface area contributed by atoms with Crippen molar-refractivity contribution >= 4 is 11.6 Å². The number of halogens is 4. The molecule has 2 N–H and O–H groups in total. The average molecular weight is 339 g/mol. The number of nitrogens with zero attached hydrogens (tertiary/aromatic N) is 1. The van der Waals surface area contributed by atoms with Gasteiger partial charge in [-0.1, -0.05) is 11.6 Å². The predicted molar refractivity (Wildman–Crippen MR) is 77.5 cm³/mol. The van der Waals surface area contributed by atoms with Crippen molar-refractivity contribution in [1.82, 2.24) is 10.2 Å². The lowest BCUT2D eigenvalue weighted by Crippen LogP contribution is -2.46. The quantitative estimate of drug-likeness (QED) is 0.886. The molecule has 4 nitrogen and oxygen atoms in total. The molecule has 1 atom stereocenters. The minimum atomic E-state index is -4.30. The first kappa shape index (κ1) is 17.2. The average Bonchev–Trinajstić information content (AvgIpc) is 2.47. The summed E-state index contributed by atoms with van der Waals surface area (Å²) in [4.78, 5) is 1.77. The van der Waals surface area contributed by atoms with Gasteiger partial charge in [-0.15, -0.1) is 0 Å². The topological polar surface area (TPSA) is 44.7 Å². The van der Waals surface area contributed by atoms with Crippen molar-refractivity contribution < 1.29 is 23.0 Å². The molecule has 0 amide bonds. The van der Waals surface area contributed by atoms with Gasteiger partial charge in [0.1, 0.15) is 0 Å². The molecule has 1 aromatic rings. The lowest BCUT2D eigenvalue weighted by atomic mass is 10.00. The number of hydrogen-bond donors (Lipinski definition) is 2. The van der Waals surface area contributed by atoms with Gasteiger partial charge in [-0.2, -0.15) is 13.2 Å². The normalized spacial score (nSPS) is 18.2. The fourth-order valence-electron chi connectivity index (χ4n) is 2.61. The smallest absolute Gasteiger partial charge is 0.390 e. The fourth-order valence-corrected chi connectivity index (χ4v) is 2.83. The van der Waals surface area contributed by atoms with E-state index in [0.29, 0.717) is 31.7 Å². The van der Waals surface area contributed by atoms with Gasteiger partial charge in [-0.05, 0) is 17.7 Å². The molecule has 8 heteroatoms. The number of phenolic OH excluding ortho intramolecular Hbond substituents is 1. The fraction of sp³-hybridized carbons (Fsp3) is 0.571. The van der Waals surface area contributed by atoms with Gasteiger partial charge in [-0.25, -0.2) is 0 Å². The number of methoxy groups -OCH3 is 1. The first-order valence-corrected chi connectivity index (χ1v) is 7.27. The molecule has 1 aliphatic heterocycles. The second-order valence-electron chi connectivity index (χ2n) is 5.17. The van der Waals surface area contributed by atoms with Gasteiger partial charge in [0.15, 0.2) is 11.5 Å². The highest BCUT2D eigenvalue weighted by Crippen LogP contribution is 2.41. The molecular formula is C14H18ClF3N2O2. The van der Waals surface area contributed by atoms with Crippen LogP contribution in [-0.2, 0) is 0 Å². The number of nitrogens with one attached hydrogen (secondary N) is 1. The molecule has 0 spiro atoms. The molecule has 0 aromatic heterocycles. The molecular weight excluding hydrogens is 321 g/mol. The van der Waals surface area contributed by atoms with Gasteiger partial charge in [0.05, 0.1) is 18.6 Å². The molecule has 22 heavy (non-hydrogen) atoms. The van der Waals surface area contributed by atoms with Crippen molar-refractivity contribution in [2.24, 2.45) is 0 Å². The number of phenols is 1. The van der Waals surface area contributed by atoms with Gasteiger partial charge in [-0.3, -0.25) is 4.90 Å². The zero-order valence-corrected chi connectivity index (χ0v) is 12.8. The summed E-state index contributed by atoms with van der Waals surface area (Å²) in [5.74, 6) is -0.191. The first-order valence-electron chi connectivity index (χ1n) is 6.89. The molecule has 1 heterocycles. The SMILES string of the molecule is COc1cc([C@H](CC(F)(F)F)N2CCNCC2)cc(Cl)c1O. The van der Waals surface area contributed by atoms with Crippen molar-refractivity contribution in [3.8, 4) is 11.5 Å². The molecule has 124 valence electrons. The summed E-state index contributed by atoms with van der Waals surface area (Å²) in [5, 5.41) is 12.8. The van der Waals surface area contributed by atoms with Crippen LogP contribution in [0.3, 0.4) is 0 Å². The van der Waals surface area contributed by atoms with Gasteiger partial charge < -0.3 is 15.2 Å². The summed E-state index contributed by atoms with van der Waals surface area (Å²) >= 11 is 5.91. The Labute approximate surface area is 131 Å². The molecule has 0 aliphatic carbocycles. The van der Waals surface area contributed by atoms with Crippen LogP contribution in [0.2, 0.25) is 5.02 Å². The van der Waals surface area contributed by atoms with Crippen molar-refractivity contribution in [3.05, 3.63) is 22.7 Å². The van der Waals surface area contributed by atoms with Gasteiger partial charge >= 0.3 is 6.18 Å². The number of hydrogen-bond acceptors (Lipinski definition) is 4. The predicted octanol–water partition coefficient (Wildman–Crippen LogP) is 2.95. The highest BCUT2D eigenvalue weighted by Gasteiger charge is 2.36. The van der Waals surface area contributed by atoms with Gasteiger partial charge in [0.25, 0.3) is 0 Å². The Morgan fingerprint density at radius 3 is 2.55 bits per heavy atom. The molecule has 1 fully saturated rings. The largest absolute Gasteiger partial charge is 0.503 e. The van der Waals surface area contributed by atoms with Gasteiger partial charge in [0.2, 0.25) is 0 Å². The van der Waals surface area contributed by atoms with E-state index in [0.717, 1.165) is 0 Å². The second-order valence-corrected chi connectivity index (χ2v) is 5.58. The number of rotatable bonds is 4. The number of piperazine rings is 1. The van der Waals surface area contributed by atoms with E-state index in [1.165, 1.54) is 19.2 Å². The number of alkyl halides is 3. The van der Waals surface area contributed by atoms with Gasteiger partial charge in [0, 0.05) is 32.2 Å². The Morgan fingerprint density at radius 1 is 1.36 bits per heavy atom. The summed E-state index contributed by atoms with van der Waals surface area (Å²) in [6, 6.07) is 1.94. The third kappa shape index (κ3) is 4.18. The van der Waals surface area contributed by atoms with Crippen LogP contribution in [0.4, 0.5) is 13.2 Å². The summed E-state index contributed by atoms with van der Waals surface area (Å²) in [5.41, 5.74) is 0.388. The van der Waals surface area contributed by atoms with E-state index < -0.39 is 18.6 Å². The molecule has 2 rings (SSSR count). The highest BCUT2D eigenvalue weighted by molar-refractivity contribution is 6.32. The summed E-state index contributed by atoms with van der Waals surface area (Å²) < 4.78 is 43.8. The maximum atomic E-state index is 13.0. The Balaban J connectivity index is 2.37. The maximum Gasteiger partial charge on any atom is 0.390 e. The minimum absolute atomic E-state index is 0.0170. The van der Waals surface area contributed by atoms with Crippen LogP contribution in [0.1, 0.15) is 18.0 Å². The van der Waals surface area contributed by atoms with E-state index in [1.54, 1.807) is 4.90 Å². The number of benzene rings is 1. The Morgan fingerprint density at radius 2 is 2.00 bits per heavy atom. The lowest BCUT2D eigenvalue weighted by molar-refractivity contribution is -0.148. The lowest BCUT2D eigenvalue weighted by Gasteiger charge is -2.36. The monoisotopic (exact) mass is 338 g/mol. The highest BCUT2D eigenvalue weighted by atomic mass is 35.5. The van der Waals surface area contributed by atoms with Crippen LogP contribution in [0.5, 0.6) is 11.5 Å². The number of ether oxygens (including phenoxy) is 1. The van der Waals surface area contributed by atoms with Crippen molar-refractivity contribution in [2.45, 2.75) is 18.6 Å². The molecule has 1 aliphatic rings. The van der Waals surface area contributed by atoms with E-state index in [9.17, 15) is 18.3 Å². The Hall–Kier alpha value is -1.18. The minimum Gasteiger partial charge on any atom is -0.503 e. The molecule has 0 saturated carbocycles. The zero-order valence-electron chi connectivity index (χ0n) is 12.1. The molecule has 0 radical (unpaired) electrons. The van der Waals surface area contributed by atoms with E-state index >= 15 is 0 Å².